The minimum Gasteiger partial charge on any atom is -0.273 e. The van der Waals surface area contributed by atoms with E-state index in [0.717, 1.165) is 39.4 Å². The molecule has 11 heteroatoms. The van der Waals surface area contributed by atoms with Gasteiger partial charge in [-0.3, -0.25) is 9.69 Å². The summed E-state index contributed by atoms with van der Waals surface area (Å²) in [5.41, 5.74) is -0.411. The molecule has 26 heavy (non-hydrogen) atoms. The van der Waals surface area contributed by atoms with Crippen molar-refractivity contribution < 1.29 is 18.0 Å². The number of carbonyl (C=O) groups excluding carboxylic acids is 2. The number of fused-ring (bicyclic) bond motifs is 1. The average molecular weight is 413 g/mol. The van der Waals surface area contributed by atoms with Crippen molar-refractivity contribution in [3.8, 4) is 0 Å². The quantitative estimate of drug-likeness (QED) is 0.792. The number of aromatic nitrogens is 1. The Morgan fingerprint density at radius 3 is 2.73 bits per heavy atom. The second kappa shape index (κ2) is 5.98. The zero-order chi connectivity index (χ0) is 18.7. The molecule has 1 aromatic rings. The highest BCUT2D eigenvalue weighted by Crippen LogP contribution is 2.42. The number of nitrogens with zero attached hydrogens (tertiary/aromatic N) is 3. The van der Waals surface area contributed by atoms with E-state index in [1.165, 1.54) is 17.4 Å². The Bertz CT molecular complexity index is 975. The molecule has 3 amide bonds. The molecule has 1 fully saturated rings. The number of imide groups is 1. The second-order valence-electron chi connectivity index (χ2n) is 6.73. The second-order valence-corrected chi connectivity index (χ2v) is 11.0. The van der Waals surface area contributed by atoms with Gasteiger partial charge >= 0.3 is 6.03 Å². The van der Waals surface area contributed by atoms with Gasteiger partial charge in [-0.25, -0.2) is 22.9 Å². The number of aryl methyl sites for hydroxylation is 1. The number of sulfonamides is 1. The van der Waals surface area contributed by atoms with Crippen LogP contribution in [0.15, 0.2) is 21.5 Å². The van der Waals surface area contributed by atoms with Gasteiger partial charge in [0.2, 0.25) is 15.9 Å². The Morgan fingerprint density at radius 1 is 1.38 bits per heavy atom. The van der Waals surface area contributed by atoms with Crippen molar-refractivity contribution in [3.63, 3.8) is 0 Å². The summed E-state index contributed by atoms with van der Waals surface area (Å²) in [6.45, 7) is 3.77. The number of thiazole rings is 1. The van der Waals surface area contributed by atoms with Gasteiger partial charge in [0.1, 0.15) is 15.2 Å². The molecule has 0 spiro atoms. The zero-order valence-corrected chi connectivity index (χ0v) is 16.5. The molecule has 4 rings (SSSR count). The summed E-state index contributed by atoms with van der Waals surface area (Å²) >= 11 is 2.27. The molecule has 0 saturated heterocycles. The number of amides is 3. The van der Waals surface area contributed by atoms with Gasteiger partial charge in [-0.1, -0.05) is 11.8 Å². The van der Waals surface area contributed by atoms with Gasteiger partial charge in [-0.2, -0.15) is 4.99 Å². The Hall–Kier alpha value is -1.56. The number of nitrogens with one attached hydrogen (secondary N) is 1. The van der Waals surface area contributed by atoms with E-state index in [1.54, 1.807) is 6.20 Å². The zero-order valence-electron chi connectivity index (χ0n) is 14.1. The van der Waals surface area contributed by atoms with E-state index in [1.807, 2.05) is 13.8 Å². The number of hydrogen-bond acceptors (Lipinski definition) is 7. The van der Waals surface area contributed by atoms with Crippen LogP contribution < -0.4 is 4.72 Å². The van der Waals surface area contributed by atoms with Gasteiger partial charge in [-0.05, 0) is 32.8 Å². The molecular weight excluding hydrogens is 396 g/mol. The van der Waals surface area contributed by atoms with Crippen molar-refractivity contribution in [1.82, 2.24) is 14.6 Å². The number of rotatable bonds is 5. The predicted octanol–water partition coefficient (Wildman–Crippen LogP) is 1.99. The lowest BCUT2D eigenvalue weighted by molar-refractivity contribution is -0.129. The van der Waals surface area contributed by atoms with Crippen molar-refractivity contribution in [3.05, 3.63) is 26.4 Å². The molecule has 1 unspecified atom stereocenters. The SMILES string of the molecule is Cc1ncc(CN2C(=O)N=C3SC(S(=O)(=O)NC4(C)CC4)=CC3C2=O)s1. The van der Waals surface area contributed by atoms with Gasteiger partial charge in [0.15, 0.2) is 0 Å². The molecule has 0 bridgehead atoms. The summed E-state index contributed by atoms with van der Waals surface area (Å²) in [6, 6.07) is -0.672. The van der Waals surface area contributed by atoms with E-state index in [9.17, 15) is 18.0 Å². The monoisotopic (exact) mass is 412 g/mol. The predicted molar refractivity (Wildman–Crippen MR) is 99.1 cm³/mol. The molecule has 1 atom stereocenters. The Labute approximate surface area is 158 Å². The fraction of sp³-hybridized carbons (Fsp3) is 0.467. The number of hydrogen-bond donors (Lipinski definition) is 1. The molecule has 1 aliphatic carbocycles. The number of thioether (sulfide) groups is 1. The smallest absolute Gasteiger partial charge is 0.273 e. The van der Waals surface area contributed by atoms with Crippen molar-refractivity contribution in [2.24, 2.45) is 10.9 Å². The maximum absolute atomic E-state index is 12.7. The van der Waals surface area contributed by atoms with Crippen molar-refractivity contribution in [2.75, 3.05) is 0 Å². The lowest BCUT2D eigenvalue weighted by Gasteiger charge is -2.24. The van der Waals surface area contributed by atoms with Crippen molar-refractivity contribution in [2.45, 2.75) is 38.8 Å². The standard InChI is InChI=1S/C15H16N4O4S3/c1-8-16-6-9(24-8)7-19-13(20)10-5-11(25-12(10)17-14(19)21)26(22,23)18-15(2)3-4-15/h5-6,10,18H,3-4,7H2,1-2H3. The third kappa shape index (κ3) is 3.24. The maximum Gasteiger partial charge on any atom is 0.351 e. The summed E-state index contributed by atoms with van der Waals surface area (Å²) < 4.78 is 27.7. The molecular formula is C15H16N4O4S3. The third-order valence-corrected chi connectivity index (χ3v) is 8.50. The first-order valence-corrected chi connectivity index (χ1v) is 11.1. The fourth-order valence-corrected chi connectivity index (χ4v) is 6.38. The van der Waals surface area contributed by atoms with Crippen LogP contribution in [-0.2, 0) is 21.4 Å². The van der Waals surface area contributed by atoms with Crippen LogP contribution >= 0.6 is 23.1 Å². The Balaban J connectivity index is 1.57. The van der Waals surface area contributed by atoms with E-state index in [-0.39, 0.29) is 15.8 Å². The van der Waals surface area contributed by atoms with E-state index in [0.29, 0.717) is 0 Å². The lowest BCUT2D eigenvalue weighted by atomic mass is 10.1. The average Bonchev–Trinajstić information content (AvgIpc) is 2.96. The third-order valence-electron chi connectivity index (χ3n) is 4.37. The van der Waals surface area contributed by atoms with Gasteiger partial charge in [0.25, 0.3) is 0 Å². The van der Waals surface area contributed by atoms with Crippen LogP contribution in [0.4, 0.5) is 4.79 Å². The minimum absolute atomic E-state index is 0.0333. The highest BCUT2D eigenvalue weighted by atomic mass is 32.3. The molecule has 138 valence electrons. The van der Waals surface area contributed by atoms with Crippen LogP contribution in [0.2, 0.25) is 0 Å². The first kappa shape index (κ1) is 17.8. The Kier molecular flexibility index (Phi) is 4.10. The van der Waals surface area contributed by atoms with Crippen LogP contribution in [0, 0.1) is 12.8 Å². The highest BCUT2D eigenvalue weighted by molar-refractivity contribution is 8.27. The molecule has 1 aromatic heterocycles. The maximum atomic E-state index is 12.7. The summed E-state index contributed by atoms with van der Waals surface area (Å²) in [5, 5.41) is 1.06. The van der Waals surface area contributed by atoms with Crippen LogP contribution in [0.5, 0.6) is 0 Å². The molecule has 2 aliphatic heterocycles. The highest BCUT2D eigenvalue weighted by Gasteiger charge is 2.46. The first-order chi connectivity index (χ1) is 12.2. The largest absolute Gasteiger partial charge is 0.351 e. The summed E-state index contributed by atoms with van der Waals surface area (Å²) in [6.07, 6.45) is 4.58. The summed E-state index contributed by atoms with van der Waals surface area (Å²) in [5.74, 6) is -1.29. The molecule has 0 aromatic carbocycles. The van der Waals surface area contributed by atoms with Gasteiger partial charge < -0.3 is 0 Å². The molecule has 1 saturated carbocycles. The van der Waals surface area contributed by atoms with E-state index in [4.69, 9.17) is 0 Å². The van der Waals surface area contributed by atoms with Gasteiger partial charge in [-0.15, -0.1) is 11.3 Å². The number of carbonyl (C=O) groups is 2. The van der Waals surface area contributed by atoms with Gasteiger partial charge in [0.05, 0.1) is 11.6 Å². The lowest BCUT2D eigenvalue weighted by Crippen LogP contribution is -2.43. The van der Waals surface area contributed by atoms with Crippen molar-refractivity contribution >= 4 is 50.1 Å². The molecule has 3 aliphatic rings. The van der Waals surface area contributed by atoms with Crippen LogP contribution in [0.25, 0.3) is 0 Å². The fourth-order valence-electron chi connectivity index (χ4n) is 2.68. The summed E-state index contributed by atoms with van der Waals surface area (Å²) in [7, 11) is -3.72. The van der Waals surface area contributed by atoms with E-state index >= 15 is 0 Å². The first-order valence-electron chi connectivity index (χ1n) is 7.96. The number of urea groups is 1. The molecule has 8 nitrogen and oxygen atoms in total. The van der Waals surface area contributed by atoms with Crippen LogP contribution in [0.1, 0.15) is 29.7 Å². The topological polar surface area (TPSA) is 109 Å². The molecule has 1 N–H and O–H groups in total. The van der Waals surface area contributed by atoms with Crippen LogP contribution in [-0.4, -0.2) is 40.8 Å². The molecule has 3 heterocycles. The normalized spacial score (nSPS) is 24.4. The number of aliphatic imine (C=N–C) groups is 1. The minimum atomic E-state index is -3.72. The summed E-state index contributed by atoms with van der Waals surface area (Å²) in [4.78, 5) is 34.9. The van der Waals surface area contributed by atoms with E-state index in [2.05, 4.69) is 14.7 Å². The van der Waals surface area contributed by atoms with E-state index < -0.39 is 33.4 Å². The van der Waals surface area contributed by atoms with Crippen molar-refractivity contribution in [1.29, 1.82) is 0 Å². The van der Waals surface area contributed by atoms with Gasteiger partial charge in [0, 0.05) is 16.6 Å². The van der Waals surface area contributed by atoms with Crippen LogP contribution in [0.3, 0.4) is 0 Å². The Morgan fingerprint density at radius 2 is 2.12 bits per heavy atom. The molecule has 0 radical (unpaired) electrons.